The summed E-state index contributed by atoms with van der Waals surface area (Å²) in [7, 11) is -1.57. The highest BCUT2D eigenvalue weighted by Gasteiger charge is 2.14. The average molecular weight is 335 g/mol. The van der Waals surface area contributed by atoms with Crippen LogP contribution >= 0.6 is 11.6 Å². The number of hydrogen-bond acceptors (Lipinski definition) is 2. The third-order valence-corrected chi connectivity index (χ3v) is 5.07. The standard InChI is InChI=1S/C16H15ClN2O2S/c1-19-9-8-12-10-14(6-7-16(12)19)18-22(20,21)11-13-4-2-3-5-15(13)17/h2-10,18H,11H2,1H3. The fourth-order valence-corrected chi connectivity index (χ4v) is 3.88. The monoisotopic (exact) mass is 334 g/mol. The Kier molecular flexibility index (Phi) is 3.85. The summed E-state index contributed by atoms with van der Waals surface area (Å²) in [5.41, 5.74) is 2.18. The molecule has 114 valence electrons. The number of aryl methyl sites for hydroxylation is 1. The van der Waals surface area contributed by atoms with Gasteiger partial charge < -0.3 is 4.57 Å². The van der Waals surface area contributed by atoms with E-state index in [1.54, 1.807) is 30.3 Å². The van der Waals surface area contributed by atoms with Crippen LogP contribution in [0.1, 0.15) is 5.56 Å². The molecule has 0 fully saturated rings. The molecule has 0 atom stereocenters. The molecule has 0 aliphatic carbocycles. The number of benzene rings is 2. The van der Waals surface area contributed by atoms with Crippen LogP contribution in [0.4, 0.5) is 5.69 Å². The number of anilines is 1. The number of fused-ring (bicyclic) bond motifs is 1. The minimum Gasteiger partial charge on any atom is -0.351 e. The predicted molar refractivity (Wildman–Crippen MR) is 90.6 cm³/mol. The Hall–Kier alpha value is -1.98. The van der Waals surface area contributed by atoms with Gasteiger partial charge in [-0.2, -0.15) is 0 Å². The fraction of sp³-hybridized carbons (Fsp3) is 0.125. The molecule has 6 heteroatoms. The highest BCUT2D eigenvalue weighted by atomic mass is 35.5. The van der Waals surface area contributed by atoms with Crippen molar-refractivity contribution in [1.82, 2.24) is 4.57 Å². The molecule has 22 heavy (non-hydrogen) atoms. The SMILES string of the molecule is Cn1ccc2cc(NS(=O)(=O)Cc3ccccc3Cl)ccc21. The molecule has 3 aromatic rings. The Labute approximate surface area is 134 Å². The van der Waals surface area contributed by atoms with E-state index in [0.717, 1.165) is 10.9 Å². The van der Waals surface area contributed by atoms with Crippen molar-refractivity contribution in [2.75, 3.05) is 4.72 Å². The van der Waals surface area contributed by atoms with E-state index in [-0.39, 0.29) is 5.75 Å². The number of sulfonamides is 1. The molecule has 1 aromatic heterocycles. The lowest BCUT2D eigenvalue weighted by atomic mass is 10.2. The predicted octanol–water partition coefficient (Wildman–Crippen LogP) is 3.77. The Morgan fingerprint density at radius 1 is 1.14 bits per heavy atom. The van der Waals surface area contributed by atoms with Gasteiger partial charge in [0.15, 0.2) is 0 Å². The molecule has 0 bridgehead atoms. The summed E-state index contributed by atoms with van der Waals surface area (Å²) in [6.45, 7) is 0. The van der Waals surface area contributed by atoms with Crippen LogP contribution in [0.25, 0.3) is 10.9 Å². The van der Waals surface area contributed by atoms with Gasteiger partial charge in [-0.05, 0) is 35.9 Å². The van der Waals surface area contributed by atoms with E-state index in [1.807, 2.05) is 36.0 Å². The molecule has 1 heterocycles. The van der Waals surface area contributed by atoms with E-state index < -0.39 is 10.0 Å². The largest absolute Gasteiger partial charge is 0.351 e. The van der Waals surface area contributed by atoms with Crippen molar-refractivity contribution in [2.24, 2.45) is 7.05 Å². The Balaban J connectivity index is 1.85. The summed E-state index contributed by atoms with van der Waals surface area (Å²) in [6.07, 6.45) is 1.94. The van der Waals surface area contributed by atoms with Gasteiger partial charge in [-0.15, -0.1) is 0 Å². The molecule has 0 saturated heterocycles. The second-order valence-corrected chi connectivity index (χ2v) is 7.28. The minimum absolute atomic E-state index is 0.153. The van der Waals surface area contributed by atoms with E-state index in [2.05, 4.69) is 4.72 Å². The molecule has 0 radical (unpaired) electrons. The summed E-state index contributed by atoms with van der Waals surface area (Å²) in [6, 6.07) is 14.3. The third kappa shape index (κ3) is 3.10. The average Bonchev–Trinajstić information content (AvgIpc) is 2.82. The number of halogens is 1. The molecular formula is C16H15ClN2O2S. The second kappa shape index (κ2) is 5.66. The van der Waals surface area contributed by atoms with Crippen molar-refractivity contribution < 1.29 is 8.42 Å². The van der Waals surface area contributed by atoms with Crippen molar-refractivity contribution in [3.63, 3.8) is 0 Å². The maximum Gasteiger partial charge on any atom is 0.236 e. The molecule has 0 unspecified atom stereocenters. The zero-order valence-corrected chi connectivity index (χ0v) is 13.5. The maximum absolute atomic E-state index is 12.3. The molecular weight excluding hydrogens is 320 g/mol. The maximum atomic E-state index is 12.3. The van der Waals surface area contributed by atoms with Crippen molar-refractivity contribution >= 4 is 38.2 Å². The van der Waals surface area contributed by atoms with Gasteiger partial charge in [0, 0.05) is 34.9 Å². The van der Waals surface area contributed by atoms with Crippen molar-refractivity contribution in [1.29, 1.82) is 0 Å². The number of rotatable bonds is 4. The highest BCUT2D eigenvalue weighted by Crippen LogP contribution is 2.22. The van der Waals surface area contributed by atoms with Gasteiger partial charge in [-0.25, -0.2) is 8.42 Å². The Morgan fingerprint density at radius 2 is 1.91 bits per heavy atom. The number of nitrogens with one attached hydrogen (secondary N) is 1. The normalized spacial score (nSPS) is 11.7. The lowest BCUT2D eigenvalue weighted by molar-refractivity contribution is 0.600. The van der Waals surface area contributed by atoms with E-state index >= 15 is 0 Å². The smallest absolute Gasteiger partial charge is 0.236 e. The first-order chi connectivity index (χ1) is 10.4. The van der Waals surface area contributed by atoms with Gasteiger partial charge in [0.1, 0.15) is 0 Å². The first-order valence-corrected chi connectivity index (χ1v) is 8.77. The van der Waals surface area contributed by atoms with Crippen LogP contribution in [0.2, 0.25) is 5.02 Å². The lowest BCUT2D eigenvalue weighted by Crippen LogP contribution is -2.15. The molecule has 0 aliphatic heterocycles. The van der Waals surface area contributed by atoms with Gasteiger partial charge in [0.05, 0.1) is 5.75 Å². The molecule has 0 amide bonds. The minimum atomic E-state index is -3.51. The topological polar surface area (TPSA) is 51.1 Å². The van der Waals surface area contributed by atoms with Crippen molar-refractivity contribution in [3.05, 3.63) is 65.3 Å². The van der Waals surface area contributed by atoms with Crippen LogP contribution in [0, 0.1) is 0 Å². The van der Waals surface area contributed by atoms with E-state index in [9.17, 15) is 8.42 Å². The van der Waals surface area contributed by atoms with E-state index in [4.69, 9.17) is 11.6 Å². The summed E-state index contributed by atoms with van der Waals surface area (Å²) in [5, 5.41) is 1.44. The molecule has 2 aromatic carbocycles. The Morgan fingerprint density at radius 3 is 2.68 bits per heavy atom. The Bertz CT molecular complexity index is 932. The summed E-state index contributed by atoms with van der Waals surface area (Å²) in [4.78, 5) is 0. The van der Waals surface area contributed by atoms with Gasteiger partial charge in [0.2, 0.25) is 10.0 Å². The summed E-state index contributed by atoms with van der Waals surface area (Å²) in [5.74, 6) is -0.153. The van der Waals surface area contributed by atoms with E-state index in [0.29, 0.717) is 16.3 Å². The molecule has 4 nitrogen and oxygen atoms in total. The molecule has 0 saturated carbocycles. The van der Waals surface area contributed by atoms with Crippen LogP contribution in [0.5, 0.6) is 0 Å². The number of nitrogens with zero attached hydrogens (tertiary/aromatic N) is 1. The van der Waals surface area contributed by atoms with Gasteiger partial charge in [0.25, 0.3) is 0 Å². The summed E-state index contributed by atoms with van der Waals surface area (Å²) < 4.78 is 29.2. The van der Waals surface area contributed by atoms with Gasteiger partial charge >= 0.3 is 0 Å². The quantitative estimate of drug-likeness (QED) is 0.789. The molecule has 3 rings (SSSR count). The number of aromatic nitrogens is 1. The van der Waals surface area contributed by atoms with Crippen LogP contribution in [0.15, 0.2) is 54.7 Å². The molecule has 0 spiro atoms. The van der Waals surface area contributed by atoms with Crippen LogP contribution in [-0.4, -0.2) is 13.0 Å². The van der Waals surface area contributed by atoms with Crippen LogP contribution in [-0.2, 0) is 22.8 Å². The summed E-state index contributed by atoms with van der Waals surface area (Å²) >= 11 is 6.02. The van der Waals surface area contributed by atoms with Crippen molar-refractivity contribution in [3.8, 4) is 0 Å². The third-order valence-electron chi connectivity index (χ3n) is 3.46. The zero-order valence-electron chi connectivity index (χ0n) is 12.0. The van der Waals surface area contributed by atoms with E-state index in [1.165, 1.54) is 0 Å². The zero-order chi connectivity index (χ0) is 15.7. The van der Waals surface area contributed by atoms with Crippen molar-refractivity contribution in [2.45, 2.75) is 5.75 Å². The van der Waals surface area contributed by atoms with Gasteiger partial charge in [-0.1, -0.05) is 29.8 Å². The fourth-order valence-electron chi connectivity index (χ4n) is 2.38. The second-order valence-electron chi connectivity index (χ2n) is 5.15. The molecule has 0 aliphatic rings. The van der Waals surface area contributed by atoms with Crippen LogP contribution < -0.4 is 4.72 Å². The first kappa shape index (κ1) is 14.9. The first-order valence-electron chi connectivity index (χ1n) is 6.74. The highest BCUT2D eigenvalue weighted by molar-refractivity contribution is 7.91. The van der Waals surface area contributed by atoms with Crippen LogP contribution in [0.3, 0.4) is 0 Å². The lowest BCUT2D eigenvalue weighted by Gasteiger charge is -2.09. The van der Waals surface area contributed by atoms with Gasteiger partial charge in [-0.3, -0.25) is 4.72 Å². The molecule has 1 N–H and O–H groups in total. The number of hydrogen-bond donors (Lipinski definition) is 1.